The Morgan fingerprint density at radius 2 is 1.11 bits per heavy atom. The van der Waals surface area contributed by atoms with E-state index >= 15 is 0 Å². The molecule has 2 rings (SSSR count). The third-order valence-corrected chi connectivity index (χ3v) is 8.86. The van der Waals surface area contributed by atoms with Gasteiger partial charge in [0.1, 0.15) is 0 Å². The number of hydrogen-bond donors (Lipinski definition) is 2. The van der Waals surface area contributed by atoms with E-state index in [0.29, 0.717) is 17.8 Å². The quantitative estimate of drug-likeness (QED) is 0.170. The van der Waals surface area contributed by atoms with Gasteiger partial charge in [-0.25, -0.2) is 0 Å². The van der Waals surface area contributed by atoms with E-state index in [4.69, 9.17) is 5.73 Å². The van der Waals surface area contributed by atoms with Crippen LogP contribution in [0.25, 0.3) is 0 Å². The highest BCUT2D eigenvalue weighted by atomic mass is 14.9. The minimum absolute atomic E-state index is 0.702. The van der Waals surface area contributed by atoms with Gasteiger partial charge in [0.25, 0.3) is 0 Å². The summed E-state index contributed by atoms with van der Waals surface area (Å²) in [5, 5.41) is 3.88. The first-order valence-corrected chi connectivity index (χ1v) is 16.3. The molecule has 0 saturated heterocycles. The van der Waals surface area contributed by atoms with Gasteiger partial charge in [0, 0.05) is 17.1 Å². The Morgan fingerprint density at radius 1 is 0.632 bits per heavy atom. The molecule has 0 fully saturated rings. The van der Waals surface area contributed by atoms with Gasteiger partial charge in [-0.1, -0.05) is 137 Å². The van der Waals surface area contributed by atoms with E-state index in [0.717, 1.165) is 24.9 Å². The summed E-state index contributed by atoms with van der Waals surface area (Å²) in [5.74, 6) is 2.11. The first-order chi connectivity index (χ1) is 18.5. The molecular formula is C36H60N2. The molecule has 2 aromatic rings. The predicted octanol–water partition coefficient (Wildman–Crippen LogP) is 11.3. The predicted molar refractivity (Wildman–Crippen MR) is 172 cm³/mol. The van der Waals surface area contributed by atoms with Crippen LogP contribution in [-0.4, -0.2) is 0 Å². The van der Waals surface area contributed by atoms with E-state index in [1.807, 2.05) is 0 Å². The zero-order valence-corrected chi connectivity index (χ0v) is 25.9. The number of nitrogen functional groups attached to an aromatic ring is 1. The molecule has 0 aliphatic heterocycles. The third-order valence-electron chi connectivity index (χ3n) is 8.86. The summed E-state index contributed by atoms with van der Waals surface area (Å²) in [5.41, 5.74) is 15.1. The van der Waals surface area contributed by atoms with Crippen LogP contribution in [0.1, 0.15) is 135 Å². The SMILES string of the molecule is CCCCC(CC)Cc1cc(Nc2ccccc2)c(CC(CC)CCCC)c(CC(CC)CCCC)c1N. The smallest absolute Gasteiger partial charge is 0.0423 e. The van der Waals surface area contributed by atoms with E-state index in [9.17, 15) is 0 Å². The second-order valence-corrected chi connectivity index (χ2v) is 11.8. The second kappa shape index (κ2) is 18.3. The molecule has 0 heterocycles. The van der Waals surface area contributed by atoms with Crippen LogP contribution in [0.15, 0.2) is 36.4 Å². The maximum atomic E-state index is 7.20. The molecule has 2 aromatic carbocycles. The van der Waals surface area contributed by atoms with Crippen molar-refractivity contribution in [2.45, 2.75) is 138 Å². The van der Waals surface area contributed by atoms with Crippen LogP contribution in [-0.2, 0) is 19.3 Å². The van der Waals surface area contributed by atoms with Crippen LogP contribution >= 0.6 is 0 Å². The molecule has 3 N–H and O–H groups in total. The molecule has 214 valence electrons. The second-order valence-electron chi connectivity index (χ2n) is 11.8. The normalized spacial score (nSPS) is 13.8. The Morgan fingerprint density at radius 3 is 1.58 bits per heavy atom. The number of hydrogen-bond acceptors (Lipinski definition) is 2. The van der Waals surface area contributed by atoms with Gasteiger partial charge in [0.05, 0.1) is 0 Å². The van der Waals surface area contributed by atoms with Gasteiger partial charge in [0.2, 0.25) is 0 Å². The van der Waals surface area contributed by atoms with Crippen molar-refractivity contribution in [3.63, 3.8) is 0 Å². The molecule has 0 bridgehead atoms. The van der Waals surface area contributed by atoms with Crippen molar-refractivity contribution in [1.82, 2.24) is 0 Å². The first-order valence-electron chi connectivity index (χ1n) is 16.3. The summed E-state index contributed by atoms with van der Waals surface area (Å²) in [6, 6.07) is 13.2. The number of nitrogens with two attached hydrogens (primary N) is 1. The van der Waals surface area contributed by atoms with E-state index in [1.165, 1.54) is 105 Å². The zero-order chi connectivity index (χ0) is 27.8. The summed E-state index contributed by atoms with van der Waals surface area (Å²) in [6.45, 7) is 14.0. The Kier molecular flexibility index (Phi) is 15.6. The molecule has 0 aromatic heterocycles. The fraction of sp³-hybridized carbons (Fsp3) is 0.667. The highest BCUT2D eigenvalue weighted by molar-refractivity contribution is 5.72. The molecule has 2 nitrogen and oxygen atoms in total. The lowest BCUT2D eigenvalue weighted by atomic mass is 9.81. The lowest BCUT2D eigenvalue weighted by Gasteiger charge is -2.27. The van der Waals surface area contributed by atoms with Gasteiger partial charge >= 0.3 is 0 Å². The van der Waals surface area contributed by atoms with Gasteiger partial charge < -0.3 is 11.1 Å². The van der Waals surface area contributed by atoms with Crippen molar-refractivity contribution >= 4 is 17.1 Å². The van der Waals surface area contributed by atoms with Crippen molar-refractivity contribution in [2.75, 3.05) is 11.1 Å². The molecule has 3 unspecified atom stereocenters. The van der Waals surface area contributed by atoms with Crippen molar-refractivity contribution in [3.8, 4) is 0 Å². The molecule has 0 spiro atoms. The number of nitrogens with one attached hydrogen (secondary N) is 1. The lowest BCUT2D eigenvalue weighted by Crippen LogP contribution is -2.16. The van der Waals surface area contributed by atoms with Gasteiger partial charge in [-0.2, -0.15) is 0 Å². The summed E-state index contributed by atoms with van der Waals surface area (Å²) in [4.78, 5) is 0. The maximum absolute atomic E-state index is 7.20. The molecular weight excluding hydrogens is 460 g/mol. The van der Waals surface area contributed by atoms with Crippen molar-refractivity contribution < 1.29 is 0 Å². The molecule has 38 heavy (non-hydrogen) atoms. The summed E-state index contributed by atoms with van der Waals surface area (Å²) >= 11 is 0. The number of unbranched alkanes of at least 4 members (excludes halogenated alkanes) is 3. The zero-order valence-electron chi connectivity index (χ0n) is 25.9. The molecule has 0 radical (unpaired) electrons. The Bertz CT molecular complexity index is 888. The fourth-order valence-corrected chi connectivity index (χ4v) is 6.00. The average molecular weight is 521 g/mol. The third kappa shape index (κ3) is 10.3. The van der Waals surface area contributed by atoms with Crippen molar-refractivity contribution in [1.29, 1.82) is 0 Å². The van der Waals surface area contributed by atoms with Gasteiger partial charge in [-0.05, 0) is 71.9 Å². The topological polar surface area (TPSA) is 38.0 Å². The number of anilines is 3. The minimum atomic E-state index is 0.702. The van der Waals surface area contributed by atoms with Crippen LogP contribution in [0.3, 0.4) is 0 Å². The standard InChI is InChI=1S/C36H60N2/c1-7-13-19-28(10-4)24-31-27-35(38-32-22-17-16-18-23-32)33(25-29(11-5)20-14-8-2)34(36(31)37)26-30(12-6)21-15-9-3/h16-18,22-23,27-30,38H,7-15,19-21,24-26,37H2,1-6H3. The summed E-state index contributed by atoms with van der Waals surface area (Å²) < 4.78 is 0. The Labute approximate surface area is 236 Å². The molecule has 0 amide bonds. The van der Waals surface area contributed by atoms with E-state index in [2.05, 4.69) is 83.3 Å². The largest absolute Gasteiger partial charge is 0.398 e. The lowest BCUT2D eigenvalue weighted by molar-refractivity contribution is 0.433. The number of rotatable bonds is 20. The van der Waals surface area contributed by atoms with Crippen molar-refractivity contribution in [2.24, 2.45) is 17.8 Å². The number of benzene rings is 2. The fourth-order valence-electron chi connectivity index (χ4n) is 6.00. The van der Waals surface area contributed by atoms with E-state index in [-0.39, 0.29) is 0 Å². The Balaban J connectivity index is 2.63. The number of para-hydroxylation sites is 1. The molecule has 0 aliphatic carbocycles. The Hall–Kier alpha value is -1.96. The van der Waals surface area contributed by atoms with Crippen LogP contribution < -0.4 is 11.1 Å². The highest BCUT2D eigenvalue weighted by Gasteiger charge is 2.23. The minimum Gasteiger partial charge on any atom is -0.398 e. The van der Waals surface area contributed by atoms with Crippen LogP contribution in [0.5, 0.6) is 0 Å². The van der Waals surface area contributed by atoms with Gasteiger partial charge in [-0.3, -0.25) is 0 Å². The highest BCUT2D eigenvalue weighted by Crippen LogP contribution is 2.38. The molecule has 0 saturated carbocycles. The van der Waals surface area contributed by atoms with Crippen LogP contribution in [0, 0.1) is 17.8 Å². The van der Waals surface area contributed by atoms with E-state index in [1.54, 1.807) is 0 Å². The summed E-state index contributed by atoms with van der Waals surface area (Å²) in [6.07, 6.45) is 18.7. The van der Waals surface area contributed by atoms with Gasteiger partial charge in [-0.15, -0.1) is 0 Å². The molecule has 2 heteroatoms. The molecule has 0 aliphatic rings. The average Bonchev–Trinajstić information content (AvgIpc) is 2.94. The maximum Gasteiger partial charge on any atom is 0.0423 e. The van der Waals surface area contributed by atoms with Crippen LogP contribution in [0.4, 0.5) is 17.1 Å². The van der Waals surface area contributed by atoms with E-state index < -0.39 is 0 Å². The van der Waals surface area contributed by atoms with Crippen molar-refractivity contribution in [3.05, 3.63) is 53.1 Å². The van der Waals surface area contributed by atoms with Gasteiger partial charge in [0.15, 0.2) is 0 Å². The monoisotopic (exact) mass is 520 g/mol. The summed E-state index contributed by atoms with van der Waals surface area (Å²) in [7, 11) is 0. The molecule has 3 atom stereocenters. The first kappa shape index (κ1) is 32.3. The van der Waals surface area contributed by atoms with Crippen LogP contribution in [0.2, 0.25) is 0 Å².